The Bertz CT molecular complexity index is 140. The van der Waals surface area contributed by atoms with Gasteiger partial charge in [0.1, 0.15) is 0 Å². The highest BCUT2D eigenvalue weighted by atomic mass is 35.5. The van der Waals surface area contributed by atoms with Crippen molar-refractivity contribution in [1.82, 2.24) is 0 Å². The van der Waals surface area contributed by atoms with E-state index in [-0.39, 0.29) is 0 Å². The summed E-state index contributed by atoms with van der Waals surface area (Å²) >= 11 is 12.5. The highest BCUT2D eigenvalue weighted by Gasteiger charge is 2.38. The zero-order valence-electron chi connectivity index (χ0n) is 7.31. The minimum atomic E-state index is 0.425. The van der Waals surface area contributed by atoms with Gasteiger partial charge in [-0.15, -0.1) is 23.2 Å². The third-order valence-electron chi connectivity index (χ3n) is 3.51. The van der Waals surface area contributed by atoms with Gasteiger partial charge in [0.15, 0.2) is 0 Å². The van der Waals surface area contributed by atoms with Gasteiger partial charge in [-0.1, -0.05) is 12.8 Å². The van der Waals surface area contributed by atoms with E-state index in [1.54, 1.807) is 0 Å². The number of hydrogen-bond donors (Lipinski definition) is 0. The Hall–Kier alpha value is 0.580. The molecule has 0 aliphatic heterocycles. The molecule has 2 aliphatic carbocycles. The fourth-order valence-electron chi connectivity index (χ4n) is 2.85. The fourth-order valence-corrected chi connectivity index (χ4v) is 3.79. The van der Waals surface area contributed by atoms with Crippen LogP contribution in [-0.4, -0.2) is 10.8 Å². The average Bonchev–Trinajstić information content (AvgIpc) is 2.59. The molecule has 0 radical (unpaired) electrons. The molecular weight excluding hydrogens is 191 g/mol. The van der Waals surface area contributed by atoms with Crippen LogP contribution in [0.3, 0.4) is 0 Å². The first-order valence-electron chi connectivity index (χ1n) is 5.07. The summed E-state index contributed by atoms with van der Waals surface area (Å²) in [4.78, 5) is 0. The second-order valence-corrected chi connectivity index (χ2v) is 5.34. The standard InChI is InChI=1S/C10H16Cl2/c11-9-5-1-3-7(9)8-4-2-6-10(8)12/h7-10H,1-6H2. The molecule has 2 fully saturated rings. The van der Waals surface area contributed by atoms with Gasteiger partial charge in [0, 0.05) is 10.8 Å². The molecule has 12 heavy (non-hydrogen) atoms. The fraction of sp³-hybridized carbons (Fsp3) is 1.00. The Balaban J connectivity index is 1.98. The van der Waals surface area contributed by atoms with Crippen LogP contribution in [0.2, 0.25) is 0 Å². The van der Waals surface area contributed by atoms with Gasteiger partial charge in [-0.05, 0) is 37.5 Å². The van der Waals surface area contributed by atoms with Crippen molar-refractivity contribution in [1.29, 1.82) is 0 Å². The molecule has 2 heteroatoms. The average molecular weight is 207 g/mol. The molecule has 0 bridgehead atoms. The maximum Gasteiger partial charge on any atom is 0.0367 e. The molecule has 0 aromatic carbocycles. The summed E-state index contributed by atoms with van der Waals surface area (Å²) in [6.45, 7) is 0. The van der Waals surface area contributed by atoms with E-state index in [1.165, 1.54) is 38.5 Å². The summed E-state index contributed by atoms with van der Waals surface area (Å²) in [6, 6.07) is 0. The predicted octanol–water partition coefficient (Wildman–Crippen LogP) is 3.80. The molecule has 0 N–H and O–H groups in total. The van der Waals surface area contributed by atoms with E-state index >= 15 is 0 Å². The molecule has 0 saturated heterocycles. The van der Waals surface area contributed by atoms with Gasteiger partial charge in [0.2, 0.25) is 0 Å². The second-order valence-electron chi connectivity index (χ2n) is 4.22. The number of halogens is 2. The molecule has 2 rings (SSSR count). The molecule has 0 amide bonds. The van der Waals surface area contributed by atoms with Crippen molar-refractivity contribution in [3.63, 3.8) is 0 Å². The summed E-state index contributed by atoms with van der Waals surface area (Å²) in [5.41, 5.74) is 0. The van der Waals surface area contributed by atoms with Gasteiger partial charge >= 0.3 is 0 Å². The molecule has 2 aliphatic rings. The van der Waals surface area contributed by atoms with Gasteiger partial charge in [0.25, 0.3) is 0 Å². The normalized spacial score (nSPS) is 48.5. The molecule has 4 unspecified atom stereocenters. The predicted molar refractivity (Wildman–Crippen MR) is 54.0 cm³/mol. The Morgan fingerprint density at radius 2 is 1.08 bits per heavy atom. The van der Waals surface area contributed by atoms with Gasteiger partial charge in [-0.2, -0.15) is 0 Å². The van der Waals surface area contributed by atoms with Crippen LogP contribution in [0.5, 0.6) is 0 Å². The lowest BCUT2D eigenvalue weighted by molar-refractivity contribution is 0.355. The lowest BCUT2D eigenvalue weighted by Gasteiger charge is -2.23. The molecule has 0 spiro atoms. The smallest absolute Gasteiger partial charge is 0.0367 e. The minimum absolute atomic E-state index is 0.425. The Morgan fingerprint density at radius 3 is 1.33 bits per heavy atom. The minimum Gasteiger partial charge on any atom is -0.123 e. The lowest BCUT2D eigenvalue weighted by atomic mass is 9.89. The van der Waals surface area contributed by atoms with Crippen LogP contribution in [-0.2, 0) is 0 Å². The van der Waals surface area contributed by atoms with Crippen molar-refractivity contribution in [3.8, 4) is 0 Å². The highest BCUT2D eigenvalue weighted by Crippen LogP contribution is 2.44. The van der Waals surface area contributed by atoms with Crippen LogP contribution >= 0.6 is 23.2 Å². The molecule has 0 nitrogen and oxygen atoms in total. The quantitative estimate of drug-likeness (QED) is 0.573. The van der Waals surface area contributed by atoms with Crippen molar-refractivity contribution in [3.05, 3.63) is 0 Å². The van der Waals surface area contributed by atoms with Crippen LogP contribution in [0.1, 0.15) is 38.5 Å². The van der Waals surface area contributed by atoms with Crippen LogP contribution in [0.4, 0.5) is 0 Å². The first-order chi connectivity index (χ1) is 5.79. The Kier molecular flexibility index (Phi) is 2.86. The van der Waals surface area contributed by atoms with Gasteiger partial charge < -0.3 is 0 Å². The molecule has 0 heterocycles. The van der Waals surface area contributed by atoms with Crippen molar-refractivity contribution in [2.45, 2.75) is 49.3 Å². The summed E-state index contributed by atoms with van der Waals surface area (Å²) in [6.07, 6.45) is 7.71. The first kappa shape index (κ1) is 9.15. The molecule has 0 aromatic heterocycles. The van der Waals surface area contributed by atoms with E-state index in [1.807, 2.05) is 0 Å². The van der Waals surface area contributed by atoms with Gasteiger partial charge in [0.05, 0.1) is 0 Å². The second kappa shape index (κ2) is 3.75. The lowest BCUT2D eigenvalue weighted by Crippen LogP contribution is -2.22. The van der Waals surface area contributed by atoms with Crippen molar-refractivity contribution in [2.24, 2.45) is 11.8 Å². The van der Waals surface area contributed by atoms with Crippen molar-refractivity contribution in [2.75, 3.05) is 0 Å². The largest absolute Gasteiger partial charge is 0.123 e. The van der Waals surface area contributed by atoms with E-state index in [0.717, 1.165) is 11.8 Å². The SMILES string of the molecule is ClC1CCCC1C1CCCC1Cl. The zero-order valence-corrected chi connectivity index (χ0v) is 8.82. The van der Waals surface area contributed by atoms with Crippen LogP contribution < -0.4 is 0 Å². The number of alkyl halides is 2. The van der Waals surface area contributed by atoms with Crippen LogP contribution in [0, 0.1) is 11.8 Å². The maximum atomic E-state index is 6.26. The molecular formula is C10H16Cl2. The third-order valence-corrected chi connectivity index (χ3v) is 4.60. The Labute approximate surface area is 84.6 Å². The first-order valence-corrected chi connectivity index (χ1v) is 5.94. The highest BCUT2D eigenvalue weighted by molar-refractivity contribution is 6.22. The summed E-state index contributed by atoms with van der Waals surface area (Å²) in [7, 11) is 0. The summed E-state index contributed by atoms with van der Waals surface area (Å²) in [5.74, 6) is 1.47. The molecule has 4 atom stereocenters. The van der Waals surface area contributed by atoms with Gasteiger partial charge in [-0.3, -0.25) is 0 Å². The van der Waals surface area contributed by atoms with E-state index in [0.29, 0.717) is 10.8 Å². The van der Waals surface area contributed by atoms with Crippen molar-refractivity contribution >= 4 is 23.2 Å². The monoisotopic (exact) mass is 206 g/mol. The van der Waals surface area contributed by atoms with Crippen molar-refractivity contribution < 1.29 is 0 Å². The zero-order chi connectivity index (χ0) is 8.55. The van der Waals surface area contributed by atoms with Crippen LogP contribution in [0.15, 0.2) is 0 Å². The molecule has 70 valence electrons. The van der Waals surface area contributed by atoms with Gasteiger partial charge in [-0.25, -0.2) is 0 Å². The van der Waals surface area contributed by atoms with Crippen LogP contribution in [0.25, 0.3) is 0 Å². The molecule has 0 aromatic rings. The van der Waals surface area contributed by atoms with E-state index in [4.69, 9.17) is 23.2 Å². The number of rotatable bonds is 1. The Morgan fingerprint density at radius 1 is 0.667 bits per heavy atom. The topological polar surface area (TPSA) is 0 Å². The van der Waals surface area contributed by atoms with E-state index in [9.17, 15) is 0 Å². The van der Waals surface area contributed by atoms with E-state index in [2.05, 4.69) is 0 Å². The summed E-state index contributed by atoms with van der Waals surface area (Å²) in [5, 5.41) is 0.851. The summed E-state index contributed by atoms with van der Waals surface area (Å²) < 4.78 is 0. The number of hydrogen-bond acceptors (Lipinski definition) is 0. The van der Waals surface area contributed by atoms with E-state index < -0.39 is 0 Å². The third kappa shape index (κ3) is 1.61. The maximum absolute atomic E-state index is 6.26. The molecule has 2 saturated carbocycles.